The lowest BCUT2D eigenvalue weighted by atomic mass is 9.96. The summed E-state index contributed by atoms with van der Waals surface area (Å²) in [5, 5.41) is 6.19. The Labute approximate surface area is 164 Å². The van der Waals surface area contributed by atoms with Crippen LogP contribution < -0.4 is 24.8 Å². The summed E-state index contributed by atoms with van der Waals surface area (Å²) in [6.45, 7) is 1.03. The van der Waals surface area contributed by atoms with Crippen LogP contribution >= 0.6 is 0 Å². The number of carbonyl (C=O) groups is 1. The molecule has 0 aromatic heterocycles. The number of ether oxygens (including phenoxy) is 3. The Morgan fingerprint density at radius 2 is 1.75 bits per heavy atom. The molecule has 1 aliphatic rings. The Bertz CT molecular complexity index is 801. The number of hydrogen-bond donors (Lipinski definition) is 2. The molecule has 2 aromatic rings. The Morgan fingerprint density at radius 3 is 2.32 bits per heavy atom. The summed E-state index contributed by atoms with van der Waals surface area (Å²) in [5.41, 5.74) is 1.88. The summed E-state index contributed by atoms with van der Waals surface area (Å²) in [5.74, 6) is 1.47. The van der Waals surface area contributed by atoms with Crippen LogP contribution in [0.5, 0.6) is 17.2 Å². The van der Waals surface area contributed by atoms with E-state index in [0.717, 1.165) is 11.1 Å². The van der Waals surface area contributed by atoms with Crippen molar-refractivity contribution in [3.05, 3.63) is 53.3 Å². The van der Waals surface area contributed by atoms with Crippen molar-refractivity contribution in [2.45, 2.75) is 24.9 Å². The highest BCUT2D eigenvalue weighted by molar-refractivity contribution is 5.82. The average Bonchev–Trinajstić information content (AvgIpc) is 3.21. The summed E-state index contributed by atoms with van der Waals surface area (Å²) in [6, 6.07) is 9.80. The Balaban J connectivity index is 1.61. The van der Waals surface area contributed by atoms with Gasteiger partial charge in [0.25, 0.3) is 0 Å². The van der Waals surface area contributed by atoms with Gasteiger partial charge in [-0.2, -0.15) is 0 Å². The zero-order valence-electron chi connectivity index (χ0n) is 16.3. The van der Waals surface area contributed by atoms with E-state index in [4.69, 9.17) is 14.2 Å². The molecule has 1 heterocycles. The van der Waals surface area contributed by atoms with E-state index in [2.05, 4.69) is 10.6 Å². The van der Waals surface area contributed by atoms with Crippen molar-refractivity contribution in [1.29, 1.82) is 0 Å². The minimum absolute atomic E-state index is 0.0710. The molecule has 2 unspecified atom stereocenters. The smallest absolute Gasteiger partial charge is 0.237 e. The van der Waals surface area contributed by atoms with Gasteiger partial charge in [-0.15, -0.1) is 0 Å². The lowest BCUT2D eigenvalue weighted by Gasteiger charge is -2.15. The summed E-state index contributed by atoms with van der Waals surface area (Å²) in [4.78, 5) is 12.6. The maximum absolute atomic E-state index is 13.1. The van der Waals surface area contributed by atoms with Crippen molar-refractivity contribution in [1.82, 2.24) is 10.6 Å². The van der Waals surface area contributed by atoms with Crippen LogP contribution in [0.3, 0.4) is 0 Å². The normalized spacial score (nSPS) is 18.6. The fourth-order valence-electron chi connectivity index (χ4n) is 3.47. The first-order valence-electron chi connectivity index (χ1n) is 9.11. The number of nitrogens with one attached hydrogen (secondary N) is 2. The fraction of sp³-hybridized carbons (Fsp3) is 0.381. The minimum atomic E-state index is -0.280. The molecule has 0 radical (unpaired) electrons. The third-order valence-corrected chi connectivity index (χ3v) is 4.98. The lowest BCUT2D eigenvalue weighted by molar-refractivity contribution is -0.122. The van der Waals surface area contributed by atoms with E-state index in [1.54, 1.807) is 33.5 Å². The predicted molar refractivity (Wildman–Crippen MR) is 103 cm³/mol. The van der Waals surface area contributed by atoms with E-state index in [1.807, 2.05) is 12.1 Å². The van der Waals surface area contributed by atoms with Crippen LogP contribution in [0.1, 0.15) is 23.5 Å². The monoisotopic (exact) mass is 388 g/mol. The van der Waals surface area contributed by atoms with Gasteiger partial charge in [0.15, 0.2) is 11.5 Å². The van der Waals surface area contributed by atoms with Gasteiger partial charge in [-0.3, -0.25) is 4.79 Å². The predicted octanol–water partition coefficient (Wildman–Crippen LogP) is 2.61. The SMILES string of the molecule is COc1cc(CNC(=O)C2CC(c3ccc(F)cc3)CN2)cc(OC)c1OC. The van der Waals surface area contributed by atoms with Crippen LogP contribution in [0, 0.1) is 5.82 Å². The number of amides is 1. The molecule has 0 saturated carbocycles. The number of benzene rings is 2. The lowest BCUT2D eigenvalue weighted by Crippen LogP contribution is -2.40. The van der Waals surface area contributed by atoms with Gasteiger partial charge in [0.05, 0.1) is 27.4 Å². The highest BCUT2D eigenvalue weighted by Gasteiger charge is 2.30. The van der Waals surface area contributed by atoms with Crippen molar-refractivity contribution in [3.63, 3.8) is 0 Å². The Morgan fingerprint density at radius 1 is 1.11 bits per heavy atom. The first-order chi connectivity index (χ1) is 13.5. The van der Waals surface area contributed by atoms with Crippen LogP contribution in [0.4, 0.5) is 4.39 Å². The molecular formula is C21H25FN2O4. The zero-order chi connectivity index (χ0) is 20.1. The van der Waals surface area contributed by atoms with Gasteiger partial charge in [0, 0.05) is 13.1 Å². The maximum Gasteiger partial charge on any atom is 0.237 e. The molecule has 6 nitrogen and oxygen atoms in total. The van der Waals surface area contributed by atoms with E-state index in [-0.39, 0.29) is 23.7 Å². The van der Waals surface area contributed by atoms with Gasteiger partial charge in [-0.05, 0) is 47.7 Å². The van der Waals surface area contributed by atoms with Gasteiger partial charge in [0.1, 0.15) is 5.82 Å². The largest absolute Gasteiger partial charge is 0.493 e. The van der Waals surface area contributed by atoms with Gasteiger partial charge >= 0.3 is 0 Å². The molecule has 28 heavy (non-hydrogen) atoms. The molecule has 0 aliphatic carbocycles. The molecule has 1 aliphatic heterocycles. The molecule has 1 saturated heterocycles. The quantitative estimate of drug-likeness (QED) is 0.763. The van der Waals surface area contributed by atoms with Gasteiger partial charge < -0.3 is 24.8 Å². The molecule has 0 spiro atoms. The van der Waals surface area contributed by atoms with E-state index in [9.17, 15) is 9.18 Å². The maximum atomic E-state index is 13.1. The number of hydrogen-bond acceptors (Lipinski definition) is 5. The highest BCUT2D eigenvalue weighted by Crippen LogP contribution is 2.38. The molecule has 2 N–H and O–H groups in total. The molecule has 2 atom stereocenters. The number of methoxy groups -OCH3 is 3. The third-order valence-electron chi connectivity index (χ3n) is 4.98. The molecular weight excluding hydrogens is 363 g/mol. The minimum Gasteiger partial charge on any atom is -0.493 e. The molecule has 1 fully saturated rings. The number of carbonyl (C=O) groups excluding carboxylic acids is 1. The van der Waals surface area contributed by atoms with E-state index < -0.39 is 0 Å². The van der Waals surface area contributed by atoms with Crippen LogP contribution in [-0.4, -0.2) is 39.8 Å². The average molecular weight is 388 g/mol. The van der Waals surface area contributed by atoms with E-state index in [0.29, 0.717) is 36.8 Å². The summed E-state index contributed by atoms with van der Waals surface area (Å²) in [7, 11) is 4.65. The van der Waals surface area contributed by atoms with Crippen LogP contribution in [-0.2, 0) is 11.3 Å². The van der Waals surface area contributed by atoms with Crippen molar-refractivity contribution in [3.8, 4) is 17.2 Å². The van der Waals surface area contributed by atoms with Gasteiger partial charge in [-0.1, -0.05) is 12.1 Å². The Kier molecular flexibility index (Phi) is 6.36. The highest BCUT2D eigenvalue weighted by atomic mass is 19.1. The van der Waals surface area contributed by atoms with E-state index >= 15 is 0 Å². The number of rotatable bonds is 7. The van der Waals surface area contributed by atoms with Crippen molar-refractivity contribution in [2.75, 3.05) is 27.9 Å². The second-order valence-electron chi connectivity index (χ2n) is 6.70. The van der Waals surface area contributed by atoms with Crippen molar-refractivity contribution >= 4 is 5.91 Å². The van der Waals surface area contributed by atoms with Crippen molar-refractivity contribution < 1.29 is 23.4 Å². The summed E-state index contributed by atoms with van der Waals surface area (Å²) < 4.78 is 29.1. The van der Waals surface area contributed by atoms with Crippen LogP contribution in [0.25, 0.3) is 0 Å². The molecule has 7 heteroatoms. The molecule has 150 valence electrons. The Hall–Kier alpha value is -2.80. The second-order valence-corrected chi connectivity index (χ2v) is 6.70. The molecule has 2 aromatic carbocycles. The second kappa shape index (κ2) is 8.93. The van der Waals surface area contributed by atoms with Gasteiger partial charge in [0.2, 0.25) is 11.7 Å². The van der Waals surface area contributed by atoms with Gasteiger partial charge in [-0.25, -0.2) is 4.39 Å². The van der Waals surface area contributed by atoms with E-state index in [1.165, 1.54) is 12.1 Å². The standard InChI is InChI=1S/C21H25FN2O4/c1-26-18-8-13(9-19(27-2)20(18)28-3)11-24-21(25)17-10-15(12-23-17)14-4-6-16(22)7-5-14/h4-9,15,17,23H,10-12H2,1-3H3,(H,24,25). The summed E-state index contributed by atoms with van der Waals surface area (Å²) in [6.07, 6.45) is 0.673. The topological polar surface area (TPSA) is 68.8 Å². The zero-order valence-corrected chi connectivity index (χ0v) is 16.3. The summed E-state index contributed by atoms with van der Waals surface area (Å²) >= 11 is 0. The fourth-order valence-corrected chi connectivity index (χ4v) is 3.47. The van der Waals surface area contributed by atoms with Crippen molar-refractivity contribution in [2.24, 2.45) is 0 Å². The number of halogens is 1. The van der Waals surface area contributed by atoms with Crippen LogP contribution in [0.15, 0.2) is 36.4 Å². The molecule has 0 bridgehead atoms. The molecule has 1 amide bonds. The first kappa shape index (κ1) is 19.9. The van der Waals surface area contributed by atoms with Crippen LogP contribution in [0.2, 0.25) is 0 Å². The first-order valence-corrected chi connectivity index (χ1v) is 9.11. The third kappa shape index (κ3) is 4.36. The molecule has 3 rings (SSSR count).